The van der Waals surface area contributed by atoms with Crippen LogP contribution in [0.3, 0.4) is 0 Å². The molecule has 0 atom stereocenters. The van der Waals surface area contributed by atoms with E-state index in [1.54, 1.807) is 18.5 Å². The van der Waals surface area contributed by atoms with E-state index in [1.807, 2.05) is 0 Å². The van der Waals surface area contributed by atoms with Crippen LogP contribution < -0.4 is 0 Å². The molecular formula is C15H35P. The van der Waals surface area contributed by atoms with Gasteiger partial charge in [0.05, 0.1) is 0 Å². The quantitative estimate of drug-likeness (QED) is 0.444. The molecule has 0 nitrogen and oxygen atoms in total. The summed E-state index contributed by atoms with van der Waals surface area (Å²) >= 11 is 0. The van der Waals surface area contributed by atoms with Crippen molar-refractivity contribution in [3.05, 3.63) is 0 Å². The Morgan fingerprint density at radius 1 is 0.688 bits per heavy atom. The zero-order chi connectivity index (χ0) is 12.4. The van der Waals surface area contributed by atoms with Crippen LogP contribution in [-0.4, -0.2) is 24.1 Å². The van der Waals surface area contributed by atoms with Gasteiger partial charge < -0.3 is 0 Å². The molecule has 0 spiro atoms. The van der Waals surface area contributed by atoms with E-state index < -0.39 is 7.26 Å². The standard InChI is InChI=1S/C15H35P/c1-6-9-12-16(15(4)5,13-10-7-2)14-11-8-3/h15-16H,6-14H2,1-5H3. The van der Waals surface area contributed by atoms with E-state index in [0.717, 1.165) is 5.66 Å². The summed E-state index contributed by atoms with van der Waals surface area (Å²) in [4.78, 5) is 0. The first-order chi connectivity index (χ1) is 7.63. The Bertz CT molecular complexity index is 130. The van der Waals surface area contributed by atoms with Crippen molar-refractivity contribution >= 4 is 7.26 Å². The van der Waals surface area contributed by atoms with Gasteiger partial charge in [0.15, 0.2) is 0 Å². The van der Waals surface area contributed by atoms with Crippen LogP contribution in [-0.2, 0) is 0 Å². The molecule has 0 bridgehead atoms. The number of unbranched alkanes of at least 4 members (excludes halogenated alkanes) is 3. The molecule has 0 aromatic carbocycles. The summed E-state index contributed by atoms with van der Waals surface area (Å²) in [5.41, 5.74) is 0.997. The summed E-state index contributed by atoms with van der Waals surface area (Å²) in [6.07, 6.45) is 13.4. The van der Waals surface area contributed by atoms with Gasteiger partial charge in [0, 0.05) is 0 Å². The summed E-state index contributed by atoms with van der Waals surface area (Å²) in [6.45, 7) is 12.1. The van der Waals surface area contributed by atoms with Crippen molar-refractivity contribution in [3.8, 4) is 0 Å². The van der Waals surface area contributed by atoms with E-state index >= 15 is 0 Å². The average Bonchev–Trinajstić information content (AvgIpc) is 2.28. The summed E-state index contributed by atoms with van der Waals surface area (Å²) < 4.78 is 0. The van der Waals surface area contributed by atoms with Crippen molar-refractivity contribution in [2.45, 2.75) is 78.8 Å². The Hall–Kier alpha value is 0.430. The summed E-state index contributed by atoms with van der Waals surface area (Å²) in [5, 5.41) is 0. The van der Waals surface area contributed by atoms with Crippen LogP contribution in [0.1, 0.15) is 73.1 Å². The molecule has 0 aliphatic rings. The monoisotopic (exact) mass is 246 g/mol. The second kappa shape index (κ2) is 9.46. The molecule has 100 valence electrons. The van der Waals surface area contributed by atoms with Gasteiger partial charge in [0.1, 0.15) is 0 Å². The first-order valence-corrected chi connectivity index (χ1v) is 10.3. The van der Waals surface area contributed by atoms with Crippen molar-refractivity contribution in [2.24, 2.45) is 0 Å². The minimum atomic E-state index is -0.936. The summed E-state index contributed by atoms with van der Waals surface area (Å²) in [7, 11) is -0.936. The second-order valence-corrected chi connectivity index (χ2v) is 11.2. The van der Waals surface area contributed by atoms with Crippen LogP contribution in [0.4, 0.5) is 0 Å². The fourth-order valence-corrected chi connectivity index (χ4v) is 8.48. The zero-order valence-corrected chi connectivity index (χ0v) is 13.4. The van der Waals surface area contributed by atoms with Crippen LogP contribution in [0, 0.1) is 0 Å². The van der Waals surface area contributed by atoms with Gasteiger partial charge in [-0.3, -0.25) is 0 Å². The molecule has 1 heteroatoms. The van der Waals surface area contributed by atoms with Crippen molar-refractivity contribution in [1.29, 1.82) is 0 Å². The van der Waals surface area contributed by atoms with Gasteiger partial charge in [-0.25, -0.2) is 0 Å². The van der Waals surface area contributed by atoms with Crippen molar-refractivity contribution in [3.63, 3.8) is 0 Å². The van der Waals surface area contributed by atoms with Gasteiger partial charge in [-0.05, 0) is 0 Å². The second-order valence-electron chi connectivity index (χ2n) is 5.83. The van der Waals surface area contributed by atoms with Gasteiger partial charge in [0.2, 0.25) is 0 Å². The predicted octanol–water partition coefficient (Wildman–Crippen LogP) is 5.55. The molecule has 0 saturated heterocycles. The number of rotatable bonds is 10. The molecule has 0 aliphatic carbocycles. The first kappa shape index (κ1) is 16.4. The third-order valence-electron chi connectivity index (χ3n) is 4.31. The molecule has 0 fully saturated rings. The number of hydrogen-bond donors (Lipinski definition) is 0. The van der Waals surface area contributed by atoms with Crippen LogP contribution >= 0.6 is 7.26 Å². The molecular weight excluding hydrogens is 211 g/mol. The third-order valence-corrected chi connectivity index (χ3v) is 10.8. The Kier molecular flexibility index (Phi) is 9.71. The van der Waals surface area contributed by atoms with E-state index in [2.05, 4.69) is 34.6 Å². The van der Waals surface area contributed by atoms with Crippen LogP contribution in [0.5, 0.6) is 0 Å². The van der Waals surface area contributed by atoms with Gasteiger partial charge >= 0.3 is 105 Å². The van der Waals surface area contributed by atoms with E-state index in [-0.39, 0.29) is 0 Å². The van der Waals surface area contributed by atoms with Gasteiger partial charge in [-0.2, -0.15) is 0 Å². The summed E-state index contributed by atoms with van der Waals surface area (Å²) in [6, 6.07) is 0. The topological polar surface area (TPSA) is 0 Å². The Balaban J connectivity index is 4.46. The zero-order valence-electron chi connectivity index (χ0n) is 12.4. The first-order valence-electron chi connectivity index (χ1n) is 7.63. The Morgan fingerprint density at radius 2 is 1.00 bits per heavy atom. The Labute approximate surface area is 105 Å². The van der Waals surface area contributed by atoms with Crippen molar-refractivity contribution in [2.75, 3.05) is 18.5 Å². The van der Waals surface area contributed by atoms with E-state index in [4.69, 9.17) is 0 Å². The molecule has 0 aliphatic heterocycles. The molecule has 0 aromatic heterocycles. The minimum absolute atomic E-state index is 0.936. The molecule has 0 unspecified atom stereocenters. The Morgan fingerprint density at radius 3 is 1.19 bits per heavy atom. The molecule has 0 aromatic rings. The molecule has 0 heterocycles. The molecule has 0 radical (unpaired) electrons. The summed E-state index contributed by atoms with van der Waals surface area (Å²) in [5.74, 6) is 0. The molecule has 0 rings (SSSR count). The van der Waals surface area contributed by atoms with Gasteiger partial charge in [0.25, 0.3) is 0 Å². The van der Waals surface area contributed by atoms with Gasteiger partial charge in [-0.1, -0.05) is 0 Å². The van der Waals surface area contributed by atoms with Crippen LogP contribution in [0.15, 0.2) is 0 Å². The average molecular weight is 246 g/mol. The SMILES string of the molecule is CCCC[PH](CCCC)(CCCC)C(C)C. The predicted molar refractivity (Wildman–Crippen MR) is 82.8 cm³/mol. The fraction of sp³-hybridized carbons (Fsp3) is 1.00. The molecule has 0 amide bonds. The van der Waals surface area contributed by atoms with E-state index in [1.165, 1.54) is 38.5 Å². The molecule has 16 heavy (non-hydrogen) atoms. The molecule has 0 N–H and O–H groups in total. The fourth-order valence-electron chi connectivity index (χ4n) is 2.83. The van der Waals surface area contributed by atoms with Crippen LogP contribution in [0.25, 0.3) is 0 Å². The van der Waals surface area contributed by atoms with Crippen molar-refractivity contribution in [1.82, 2.24) is 0 Å². The van der Waals surface area contributed by atoms with E-state index in [9.17, 15) is 0 Å². The third kappa shape index (κ3) is 5.67. The maximum absolute atomic E-state index is 2.51. The van der Waals surface area contributed by atoms with Crippen molar-refractivity contribution < 1.29 is 0 Å². The normalized spacial score (nSPS) is 13.4. The van der Waals surface area contributed by atoms with E-state index in [0.29, 0.717) is 0 Å². The maximum atomic E-state index is 2.51. The van der Waals surface area contributed by atoms with Gasteiger partial charge in [-0.15, -0.1) is 0 Å². The molecule has 0 saturated carbocycles. The number of hydrogen-bond acceptors (Lipinski definition) is 0. The van der Waals surface area contributed by atoms with Crippen LogP contribution in [0.2, 0.25) is 0 Å².